The van der Waals surface area contributed by atoms with Crippen LogP contribution in [0.25, 0.3) is 11.0 Å². The number of hydrogen-bond acceptors (Lipinski definition) is 5. The van der Waals surface area contributed by atoms with Crippen LogP contribution in [0, 0.1) is 17.8 Å². The minimum Gasteiger partial charge on any atom is -1.00 e. The Morgan fingerprint density at radius 2 is 1.82 bits per heavy atom. The summed E-state index contributed by atoms with van der Waals surface area (Å²) in [6, 6.07) is 0. The molecule has 6 rings (SSSR count). The van der Waals surface area contributed by atoms with Gasteiger partial charge in [0.15, 0.2) is 16.8 Å². The summed E-state index contributed by atoms with van der Waals surface area (Å²) in [6.07, 6.45) is 10.3. The van der Waals surface area contributed by atoms with E-state index in [1.54, 1.807) is 15.4 Å². The van der Waals surface area contributed by atoms with Crippen molar-refractivity contribution in [3.63, 3.8) is 0 Å². The largest absolute Gasteiger partial charge is 1.00 e. The van der Waals surface area contributed by atoms with Gasteiger partial charge < -0.3 is 17.3 Å². The molecule has 0 aromatic carbocycles. The van der Waals surface area contributed by atoms with Crippen LogP contribution in [0.1, 0.15) is 78.4 Å². The van der Waals surface area contributed by atoms with Crippen LogP contribution >= 0.6 is 8.69 Å². The van der Waals surface area contributed by atoms with Crippen molar-refractivity contribution in [2.45, 2.75) is 83.8 Å². The number of pyridine rings is 1. The number of rotatable bonds is 8. The molecule has 1 N–H and O–H groups in total. The summed E-state index contributed by atoms with van der Waals surface area (Å²) in [6.45, 7) is 5.12. The van der Waals surface area contributed by atoms with Gasteiger partial charge >= 0.3 is 67.8 Å². The molecule has 4 saturated carbocycles. The topological polar surface area (TPSA) is 95.2 Å². The molecule has 1 amide bonds. The Morgan fingerprint density at radius 1 is 1.21 bits per heavy atom. The number of nitrogens with zero attached hydrogens (tertiary/aromatic N) is 3. The first-order valence-electron chi connectivity index (χ1n) is 11.9. The zero-order valence-corrected chi connectivity index (χ0v) is 25.7. The Labute approximate surface area is 248 Å². The van der Waals surface area contributed by atoms with E-state index in [4.69, 9.17) is 4.52 Å². The number of fused-ring (bicyclic) bond motifs is 1. The SMILES string of the molecule is CCCCn1c(=O)c(C(=O)NC23CC4CC(CC(C4)C2)C3)c(OP=O)c2nn(CC)cc21.[H-].[H-].[Na+].[Na+]. The predicted octanol–water partition coefficient (Wildman–Crippen LogP) is -1.46. The van der Waals surface area contributed by atoms with Crippen LogP contribution in [0.2, 0.25) is 0 Å². The summed E-state index contributed by atoms with van der Waals surface area (Å²) in [4.78, 5) is 27.2. The number of amides is 1. The molecule has 8 nitrogen and oxygen atoms in total. The molecule has 176 valence electrons. The quantitative estimate of drug-likeness (QED) is 0.349. The Kier molecular flexibility index (Phi) is 9.55. The van der Waals surface area contributed by atoms with E-state index >= 15 is 0 Å². The Morgan fingerprint density at radius 3 is 2.35 bits per heavy atom. The second-order valence-corrected chi connectivity index (χ2v) is 10.4. The van der Waals surface area contributed by atoms with Gasteiger partial charge in [-0.1, -0.05) is 13.3 Å². The van der Waals surface area contributed by atoms with Gasteiger partial charge in [0.2, 0.25) is 0 Å². The molecular weight excluding hydrogens is 473 g/mol. The molecule has 4 aliphatic rings. The molecule has 4 aliphatic carbocycles. The van der Waals surface area contributed by atoms with Crippen LogP contribution in [0.15, 0.2) is 11.0 Å². The van der Waals surface area contributed by atoms with Crippen molar-refractivity contribution < 1.29 is 75.9 Å². The summed E-state index contributed by atoms with van der Waals surface area (Å²) in [7, 11) is -0.616. The number of carbonyl (C=O) groups is 1. The van der Waals surface area contributed by atoms with E-state index in [-0.39, 0.29) is 78.8 Å². The monoisotopic (exact) mass is 506 g/mol. The fourth-order valence-corrected chi connectivity index (χ4v) is 7.08. The van der Waals surface area contributed by atoms with Crippen LogP contribution in [-0.4, -0.2) is 25.8 Å². The zero-order valence-electron chi connectivity index (χ0n) is 22.8. The van der Waals surface area contributed by atoms with E-state index in [2.05, 4.69) is 17.3 Å². The molecule has 4 fully saturated rings. The van der Waals surface area contributed by atoms with E-state index in [0.29, 0.717) is 41.9 Å². The molecule has 0 aliphatic heterocycles. The van der Waals surface area contributed by atoms with Crippen molar-refractivity contribution in [1.29, 1.82) is 0 Å². The van der Waals surface area contributed by atoms with E-state index in [0.717, 1.165) is 32.1 Å². The first-order valence-corrected chi connectivity index (χ1v) is 12.7. The van der Waals surface area contributed by atoms with Gasteiger partial charge in [-0.3, -0.25) is 14.3 Å². The average molecular weight is 506 g/mol. The normalized spacial score (nSPS) is 26.8. The van der Waals surface area contributed by atoms with Gasteiger partial charge in [0, 0.05) is 24.8 Å². The standard InChI is InChI=1S/C23H31N4O4P.2Na.2H/c1-3-5-6-27-17-13-26(4-2)25-19(17)20(31-32-30)18(22(27)29)21(28)24-23-10-14-7-15(11-23)9-16(8-14)12-23;;;;/h13-16H,3-12H2,1-2H3,(H,24,28);;;;/q;2*+1;2*-1. The maximum atomic E-state index is 13.6. The summed E-state index contributed by atoms with van der Waals surface area (Å²) >= 11 is 0. The van der Waals surface area contributed by atoms with E-state index in [1.165, 1.54) is 19.3 Å². The molecule has 4 bridgehead atoms. The van der Waals surface area contributed by atoms with Gasteiger partial charge in [-0.15, -0.1) is 0 Å². The molecule has 34 heavy (non-hydrogen) atoms. The second-order valence-electron chi connectivity index (χ2n) is 10.1. The summed E-state index contributed by atoms with van der Waals surface area (Å²) < 4.78 is 20.1. The fourth-order valence-electron chi connectivity index (χ4n) is 6.82. The maximum Gasteiger partial charge on any atom is 1.00 e. The van der Waals surface area contributed by atoms with Crippen LogP contribution in [0.4, 0.5) is 0 Å². The molecule has 0 radical (unpaired) electrons. The number of unbranched alkanes of at least 4 members (excludes halogenated alkanes) is 1. The molecule has 2 aromatic rings. The number of aromatic nitrogens is 3. The second kappa shape index (κ2) is 11.5. The van der Waals surface area contributed by atoms with E-state index in [1.807, 2.05) is 6.92 Å². The van der Waals surface area contributed by atoms with Gasteiger partial charge in [0.25, 0.3) is 11.5 Å². The molecular formula is C23H33N4Na2O4P. The predicted molar refractivity (Wildman–Crippen MR) is 123 cm³/mol. The number of carbonyl (C=O) groups excluding carboxylic acids is 1. The van der Waals surface area contributed by atoms with E-state index < -0.39 is 20.2 Å². The first kappa shape index (κ1) is 28.4. The van der Waals surface area contributed by atoms with Crippen LogP contribution in [0.5, 0.6) is 5.75 Å². The van der Waals surface area contributed by atoms with Crippen LogP contribution in [-0.2, 0) is 17.7 Å². The Balaban J connectivity index is 0.00000162. The molecule has 2 aromatic heterocycles. The smallest absolute Gasteiger partial charge is 1.00 e. The van der Waals surface area contributed by atoms with Crippen molar-refractivity contribution in [1.82, 2.24) is 19.7 Å². The van der Waals surface area contributed by atoms with Gasteiger partial charge in [-0.05, 0) is 69.6 Å². The van der Waals surface area contributed by atoms with Gasteiger partial charge in [-0.25, -0.2) is 4.57 Å². The number of aryl methyl sites for hydroxylation is 2. The van der Waals surface area contributed by atoms with Gasteiger partial charge in [-0.2, -0.15) is 5.10 Å². The average Bonchev–Trinajstić information content (AvgIpc) is 3.16. The molecule has 0 saturated heterocycles. The van der Waals surface area contributed by atoms with Crippen molar-refractivity contribution in [2.24, 2.45) is 17.8 Å². The van der Waals surface area contributed by atoms with Crippen molar-refractivity contribution >= 4 is 25.6 Å². The maximum absolute atomic E-state index is 13.6. The molecule has 11 heteroatoms. The summed E-state index contributed by atoms with van der Waals surface area (Å²) in [5.74, 6) is 1.60. The zero-order chi connectivity index (χ0) is 22.5. The van der Waals surface area contributed by atoms with Crippen molar-refractivity contribution in [2.75, 3.05) is 0 Å². The summed E-state index contributed by atoms with van der Waals surface area (Å²) in [5.41, 5.74) is 0.296. The minimum absolute atomic E-state index is 0. The fraction of sp³-hybridized carbons (Fsp3) is 0.696. The van der Waals surface area contributed by atoms with E-state index in [9.17, 15) is 14.2 Å². The van der Waals surface area contributed by atoms with Gasteiger partial charge in [0.1, 0.15) is 0 Å². The van der Waals surface area contributed by atoms with Crippen LogP contribution in [0.3, 0.4) is 0 Å². The number of nitrogens with one attached hydrogen (secondary N) is 1. The molecule has 0 unspecified atom stereocenters. The van der Waals surface area contributed by atoms with Crippen molar-refractivity contribution in [3.05, 3.63) is 22.1 Å². The molecule has 0 atom stereocenters. The summed E-state index contributed by atoms with van der Waals surface area (Å²) in [5, 5.41) is 7.82. The third kappa shape index (κ3) is 5.11. The van der Waals surface area contributed by atoms with Crippen molar-refractivity contribution in [3.8, 4) is 5.75 Å². The molecule has 2 heterocycles. The third-order valence-corrected chi connectivity index (χ3v) is 8.02. The Hall–Kier alpha value is -0.210. The minimum atomic E-state index is -0.616. The Bertz CT molecular complexity index is 1110. The third-order valence-electron chi connectivity index (χ3n) is 7.77. The number of hydrogen-bond donors (Lipinski definition) is 1. The van der Waals surface area contributed by atoms with Gasteiger partial charge in [0.05, 0.1) is 5.52 Å². The first-order chi connectivity index (χ1) is 15.5. The van der Waals surface area contributed by atoms with Crippen LogP contribution < -0.4 is 74.5 Å². The molecule has 0 spiro atoms.